The number of nitrogens with two attached hydrogens (primary N) is 2. The molecule has 0 bridgehead atoms. The van der Waals surface area contributed by atoms with Crippen molar-refractivity contribution in [1.29, 1.82) is 0 Å². The molecule has 0 amide bonds. The Kier molecular flexibility index (Phi) is 2.68. The zero-order chi connectivity index (χ0) is 11.5. The molecule has 2 rings (SSSR count). The predicted octanol–water partition coefficient (Wildman–Crippen LogP) is 2.90. The molecule has 0 fully saturated rings. The zero-order valence-electron chi connectivity index (χ0n) is 9.20. The first-order valence-corrected chi connectivity index (χ1v) is 5.14. The fourth-order valence-corrected chi connectivity index (χ4v) is 1.52. The summed E-state index contributed by atoms with van der Waals surface area (Å²) in [5, 5.41) is 3.25. The second-order valence-corrected chi connectivity index (χ2v) is 3.77. The minimum Gasteiger partial charge on any atom is -0.398 e. The fraction of sp³-hybridized carbons (Fsp3) is 0.0769. The van der Waals surface area contributed by atoms with E-state index in [-0.39, 0.29) is 0 Å². The third-order valence-electron chi connectivity index (χ3n) is 2.55. The van der Waals surface area contributed by atoms with Gasteiger partial charge in [-0.05, 0) is 36.8 Å². The van der Waals surface area contributed by atoms with Crippen LogP contribution in [0.25, 0.3) is 0 Å². The summed E-state index contributed by atoms with van der Waals surface area (Å²) in [5.74, 6) is 0. The lowest BCUT2D eigenvalue weighted by molar-refractivity contribution is 1.45. The summed E-state index contributed by atoms with van der Waals surface area (Å²) in [4.78, 5) is 0. The lowest BCUT2D eigenvalue weighted by atomic mass is 10.1. The van der Waals surface area contributed by atoms with Crippen LogP contribution in [0.5, 0.6) is 0 Å². The minimum atomic E-state index is 0.707. The van der Waals surface area contributed by atoms with E-state index < -0.39 is 0 Å². The van der Waals surface area contributed by atoms with E-state index in [0.717, 1.165) is 16.9 Å². The third kappa shape index (κ3) is 2.08. The third-order valence-corrected chi connectivity index (χ3v) is 2.55. The summed E-state index contributed by atoms with van der Waals surface area (Å²) >= 11 is 0. The average Bonchev–Trinajstić information content (AvgIpc) is 2.27. The van der Waals surface area contributed by atoms with Crippen LogP contribution in [0, 0.1) is 6.92 Å². The molecular formula is C13H15N3. The fourth-order valence-electron chi connectivity index (χ4n) is 1.52. The molecule has 0 saturated heterocycles. The maximum Gasteiger partial charge on any atom is 0.0425 e. The molecule has 0 radical (unpaired) electrons. The van der Waals surface area contributed by atoms with Crippen LogP contribution >= 0.6 is 0 Å². The molecule has 0 heterocycles. The molecule has 0 unspecified atom stereocenters. The number of rotatable bonds is 2. The van der Waals surface area contributed by atoms with E-state index in [1.807, 2.05) is 49.4 Å². The van der Waals surface area contributed by atoms with E-state index in [1.165, 1.54) is 0 Å². The van der Waals surface area contributed by atoms with Crippen molar-refractivity contribution in [3.63, 3.8) is 0 Å². The number of nitrogen functional groups attached to an aromatic ring is 2. The largest absolute Gasteiger partial charge is 0.398 e. The Balaban J connectivity index is 2.29. The highest BCUT2D eigenvalue weighted by atomic mass is 14.9. The molecule has 0 aromatic heterocycles. The van der Waals surface area contributed by atoms with E-state index in [1.54, 1.807) is 0 Å². The number of hydrogen-bond acceptors (Lipinski definition) is 3. The van der Waals surface area contributed by atoms with Crippen LogP contribution in [0.15, 0.2) is 42.5 Å². The molecule has 0 spiro atoms. The van der Waals surface area contributed by atoms with Crippen LogP contribution in [0.2, 0.25) is 0 Å². The zero-order valence-corrected chi connectivity index (χ0v) is 9.20. The van der Waals surface area contributed by atoms with Gasteiger partial charge in [-0.15, -0.1) is 0 Å². The Morgan fingerprint density at radius 1 is 0.875 bits per heavy atom. The highest BCUT2D eigenvalue weighted by molar-refractivity contribution is 5.72. The molecule has 3 nitrogen and oxygen atoms in total. The van der Waals surface area contributed by atoms with E-state index in [9.17, 15) is 0 Å². The molecular weight excluding hydrogens is 198 g/mol. The van der Waals surface area contributed by atoms with Crippen LogP contribution in [-0.4, -0.2) is 0 Å². The average molecular weight is 213 g/mol. The lowest BCUT2D eigenvalue weighted by Crippen LogP contribution is -1.99. The van der Waals surface area contributed by atoms with Crippen molar-refractivity contribution >= 4 is 22.7 Å². The molecule has 0 aliphatic heterocycles. The summed E-state index contributed by atoms with van der Waals surface area (Å²) in [6.07, 6.45) is 0. The van der Waals surface area contributed by atoms with Crippen LogP contribution in [-0.2, 0) is 0 Å². The SMILES string of the molecule is Cc1c(N)cc(Nc2ccccc2)cc1N. The van der Waals surface area contributed by atoms with E-state index in [0.29, 0.717) is 11.4 Å². The van der Waals surface area contributed by atoms with Crippen LogP contribution < -0.4 is 16.8 Å². The smallest absolute Gasteiger partial charge is 0.0425 e. The molecule has 0 atom stereocenters. The van der Waals surface area contributed by atoms with E-state index in [4.69, 9.17) is 11.5 Å². The summed E-state index contributed by atoms with van der Waals surface area (Å²) in [6.45, 7) is 1.91. The molecule has 82 valence electrons. The molecule has 5 N–H and O–H groups in total. The van der Waals surface area contributed by atoms with Crippen molar-refractivity contribution in [2.75, 3.05) is 16.8 Å². The lowest BCUT2D eigenvalue weighted by Gasteiger charge is -2.10. The summed E-state index contributed by atoms with van der Waals surface area (Å²) in [6, 6.07) is 13.7. The van der Waals surface area contributed by atoms with Crippen molar-refractivity contribution in [2.45, 2.75) is 6.92 Å². The van der Waals surface area contributed by atoms with E-state index >= 15 is 0 Å². The Labute approximate surface area is 95.1 Å². The first-order chi connectivity index (χ1) is 7.66. The maximum atomic E-state index is 5.86. The van der Waals surface area contributed by atoms with Gasteiger partial charge in [0.15, 0.2) is 0 Å². The quantitative estimate of drug-likeness (QED) is 0.672. The van der Waals surface area contributed by atoms with Crippen molar-refractivity contribution in [3.8, 4) is 0 Å². The number of benzene rings is 2. The van der Waals surface area contributed by atoms with Gasteiger partial charge in [0.2, 0.25) is 0 Å². The molecule has 2 aromatic rings. The maximum absolute atomic E-state index is 5.86. The monoisotopic (exact) mass is 213 g/mol. The van der Waals surface area contributed by atoms with Crippen molar-refractivity contribution in [1.82, 2.24) is 0 Å². The first-order valence-electron chi connectivity index (χ1n) is 5.14. The predicted molar refractivity (Wildman–Crippen MR) is 69.7 cm³/mol. The Hall–Kier alpha value is -2.16. The molecule has 0 saturated carbocycles. The molecule has 0 aliphatic carbocycles. The molecule has 16 heavy (non-hydrogen) atoms. The Bertz CT molecular complexity index is 469. The standard InChI is InChI=1S/C13H15N3/c1-9-12(14)7-11(8-13(9)15)16-10-5-3-2-4-6-10/h2-8,16H,14-15H2,1H3. The number of anilines is 4. The number of para-hydroxylation sites is 1. The van der Waals surface area contributed by atoms with Gasteiger partial charge in [0.1, 0.15) is 0 Å². The summed E-state index contributed by atoms with van der Waals surface area (Å²) < 4.78 is 0. The first kappa shape index (κ1) is 10.4. The van der Waals surface area contributed by atoms with Gasteiger partial charge in [-0.2, -0.15) is 0 Å². The van der Waals surface area contributed by atoms with Crippen LogP contribution in [0.4, 0.5) is 22.7 Å². The highest BCUT2D eigenvalue weighted by Crippen LogP contribution is 2.26. The molecule has 2 aromatic carbocycles. The van der Waals surface area contributed by atoms with Crippen molar-refractivity contribution in [2.24, 2.45) is 0 Å². The van der Waals surface area contributed by atoms with Gasteiger partial charge >= 0.3 is 0 Å². The normalized spacial score (nSPS) is 10.1. The minimum absolute atomic E-state index is 0.707. The van der Waals surface area contributed by atoms with Gasteiger partial charge in [-0.3, -0.25) is 0 Å². The second kappa shape index (κ2) is 4.14. The highest BCUT2D eigenvalue weighted by Gasteiger charge is 2.02. The second-order valence-electron chi connectivity index (χ2n) is 3.77. The van der Waals surface area contributed by atoms with Gasteiger partial charge in [0, 0.05) is 22.7 Å². The topological polar surface area (TPSA) is 64.1 Å². The van der Waals surface area contributed by atoms with Crippen molar-refractivity contribution in [3.05, 3.63) is 48.0 Å². The Morgan fingerprint density at radius 2 is 1.44 bits per heavy atom. The van der Waals surface area contributed by atoms with Gasteiger partial charge in [-0.1, -0.05) is 18.2 Å². The van der Waals surface area contributed by atoms with Crippen LogP contribution in [0.1, 0.15) is 5.56 Å². The summed E-state index contributed by atoms with van der Waals surface area (Å²) in [5.41, 5.74) is 16.0. The number of hydrogen-bond donors (Lipinski definition) is 3. The number of nitrogens with one attached hydrogen (secondary N) is 1. The van der Waals surface area contributed by atoms with Gasteiger partial charge in [0.05, 0.1) is 0 Å². The van der Waals surface area contributed by atoms with Gasteiger partial charge in [0.25, 0.3) is 0 Å². The van der Waals surface area contributed by atoms with Gasteiger partial charge < -0.3 is 16.8 Å². The molecule has 0 aliphatic rings. The summed E-state index contributed by atoms with van der Waals surface area (Å²) in [7, 11) is 0. The Morgan fingerprint density at radius 3 is 2.00 bits per heavy atom. The van der Waals surface area contributed by atoms with E-state index in [2.05, 4.69) is 5.32 Å². The molecule has 3 heteroatoms. The van der Waals surface area contributed by atoms with Crippen molar-refractivity contribution < 1.29 is 0 Å². The van der Waals surface area contributed by atoms with Crippen LogP contribution in [0.3, 0.4) is 0 Å². The van der Waals surface area contributed by atoms with Gasteiger partial charge in [-0.25, -0.2) is 0 Å².